The summed E-state index contributed by atoms with van der Waals surface area (Å²) in [4.78, 5) is 35.6. The molecule has 27 heavy (non-hydrogen) atoms. The molecule has 1 aromatic rings. The maximum Gasteiger partial charge on any atom is 0.405 e. The maximum atomic E-state index is 12.1. The van der Waals surface area contributed by atoms with Crippen molar-refractivity contribution in [2.24, 2.45) is 0 Å². The number of alkyl halides is 3. The Kier molecular flexibility index (Phi) is 8.52. The Labute approximate surface area is 154 Å². The zero-order valence-corrected chi connectivity index (χ0v) is 14.9. The topological polar surface area (TPSA) is 101 Å². The highest BCUT2D eigenvalue weighted by Crippen LogP contribution is 2.14. The third-order valence-corrected chi connectivity index (χ3v) is 3.40. The average molecular weight is 391 g/mol. The van der Waals surface area contributed by atoms with E-state index in [1.165, 1.54) is 12.4 Å². The second-order valence-electron chi connectivity index (χ2n) is 5.58. The third-order valence-electron chi connectivity index (χ3n) is 3.40. The lowest BCUT2D eigenvalue weighted by Gasteiger charge is -2.17. The number of urea groups is 1. The van der Waals surface area contributed by atoms with Crippen molar-refractivity contribution >= 4 is 23.5 Å². The van der Waals surface area contributed by atoms with E-state index in [0.717, 1.165) is 0 Å². The van der Waals surface area contributed by atoms with Gasteiger partial charge in [-0.05, 0) is 31.2 Å². The molecule has 0 saturated heterocycles. The van der Waals surface area contributed by atoms with Crippen LogP contribution in [0.2, 0.25) is 0 Å². The summed E-state index contributed by atoms with van der Waals surface area (Å²) in [5, 5.41) is 5.99. The fourth-order valence-corrected chi connectivity index (χ4v) is 2.04. The number of imide groups is 1. The van der Waals surface area contributed by atoms with Gasteiger partial charge in [0.2, 0.25) is 0 Å². The molecule has 0 heterocycles. The van der Waals surface area contributed by atoms with Crippen LogP contribution in [0.1, 0.15) is 6.92 Å². The minimum absolute atomic E-state index is 0.0554. The van der Waals surface area contributed by atoms with Crippen LogP contribution in [0.5, 0.6) is 5.75 Å². The van der Waals surface area contributed by atoms with Gasteiger partial charge >= 0.3 is 12.2 Å². The van der Waals surface area contributed by atoms with Crippen molar-refractivity contribution in [3.05, 3.63) is 24.3 Å². The molecule has 0 aromatic heterocycles. The molecule has 1 unspecified atom stereocenters. The van der Waals surface area contributed by atoms with Gasteiger partial charge in [0, 0.05) is 5.69 Å². The first-order valence-electron chi connectivity index (χ1n) is 8.05. The number of carbonyl (C=O) groups excluding carboxylic acids is 3. The van der Waals surface area contributed by atoms with Crippen LogP contribution in [-0.2, 0) is 9.59 Å². The van der Waals surface area contributed by atoms with Crippen molar-refractivity contribution < 1.29 is 37.2 Å². The average Bonchev–Trinajstić information content (AvgIpc) is 2.59. The molecular formula is C16H22F3N4O4+. The van der Waals surface area contributed by atoms with Gasteiger partial charge in [0.25, 0.3) is 11.8 Å². The Balaban J connectivity index is 2.44. The van der Waals surface area contributed by atoms with E-state index in [0.29, 0.717) is 22.9 Å². The van der Waals surface area contributed by atoms with Crippen LogP contribution in [0.25, 0.3) is 0 Å². The molecule has 0 saturated carbocycles. The first-order chi connectivity index (χ1) is 12.6. The standard InChI is InChI=1S/C16H21F3N4O4/c1-3-23(9-14(25)22-15(26)20-10-16(17,18)19)8-13(24)21-11-4-6-12(27-2)7-5-11/h4-7H,3,8-10H2,1-2H3,(H,21,24)(H2,20,22,25,26)/p+1. The molecule has 1 rings (SSSR count). The van der Waals surface area contributed by atoms with Crippen LogP contribution in [0, 0.1) is 0 Å². The smallest absolute Gasteiger partial charge is 0.405 e. The van der Waals surface area contributed by atoms with Crippen molar-refractivity contribution in [1.82, 2.24) is 10.6 Å². The molecule has 0 aliphatic heterocycles. The highest BCUT2D eigenvalue weighted by molar-refractivity contribution is 5.95. The first kappa shape index (κ1) is 22.2. The van der Waals surface area contributed by atoms with Crippen molar-refractivity contribution in [3.8, 4) is 5.75 Å². The zero-order valence-electron chi connectivity index (χ0n) is 14.9. The molecule has 1 atom stereocenters. The quantitative estimate of drug-likeness (QED) is 0.498. The van der Waals surface area contributed by atoms with Crippen molar-refractivity contribution in [2.45, 2.75) is 13.1 Å². The molecule has 150 valence electrons. The monoisotopic (exact) mass is 391 g/mol. The minimum Gasteiger partial charge on any atom is -0.497 e. The number of benzene rings is 1. The zero-order chi connectivity index (χ0) is 20.4. The molecule has 0 aliphatic rings. The number of anilines is 1. The number of nitrogens with one attached hydrogen (secondary N) is 4. The highest BCUT2D eigenvalue weighted by Gasteiger charge is 2.28. The van der Waals surface area contributed by atoms with Crippen LogP contribution >= 0.6 is 0 Å². The van der Waals surface area contributed by atoms with Gasteiger partial charge < -0.3 is 20.3 Å². The van der Waals surface area contributed by atoms with E-state index >= 15 is 0 Å². The van der Waals surface area contributed by atoms with Crippen LogP contribution in [-0.4, -0.2) is 57.3 Å². The molecule has 0 radical (unpaired) electrons. The highest BCUT2D eigenvalue weighted by atomic mass is 19.4. The van der Waals surface area contributed by atoms with E-state index in [-0.39, 0.29) is 19.0 Å². The van der Waals surface area contributed by atoms with Gasteiger partial charge in [-0.15, -0.1) is 0 Å². The van der Waals surface area contributed by atoms with Gasteiger partial charge in [0.1, 0.15) is 12.3 Å². The lowest BCUT2D eigenvalue weighted by molar-refractivity contribution is -0.881. The van der Waals surface area contributed by atoms with Crippen LogP contribution < -0.4 is 25.6 Å². The Bertz CT molecular complexity index is 650. The van der Waals surface area contributed by atoms with Crippen LogP contribution in [0.15, 0.2) is 24.3 Å². The van der Waals surface area contributed by atoms with Gasteiger partial charge in [-0.2, -0.15) is 13.2 Å². The lowest BCUT2D eigenvalue weighted by Crippen LogP contribution is -3.14. The summed E-state index contributed by atoms with van der Waals surface area (Å²) in [6, 6.07) is 5.41. The van der Waals surface area contributed by atoms with Gasteiger partial charge in [-0.25, -0.2) is 4.79 Å². The minimum atomic E-state index is -4.57. The fraction of sp³-hybridized carbons (Fsp3) is 0.438. The molecule has 4 N–H and O–H groups in total. The number of rotatable bonds is 8. The maximum absolute atomic E-state index is 12.1. The summed E-state index contributed by atoms with van der Waals surface area (Å²) in [5.41, 5.74) is 0.548. The largest absolute Gasteiger partial charge is 0.497 e. The van der Waals surface area contributed by atoms with Crippen molar-refractivity contribution in [1.29, 1.82) is 0 Å². The Morgan fingerprint density at radius 2 is 1.67 bits per heavy atom. The SMILES string of the molecule is CC[NH+](CC(=O)NC(=O)NCC(F)(F)F)CC(=O)Nc1ccc(OC)cc1. The van der Waals surface area contributed by atoms with Gasteiger partial charge in [0.05, 0.1) is 13.7 Å². The summed E-state index contributed by atoms with van der Waals surface area (Å²) in [6.45, 7) is 0.285. The van der Waals surface area contributed by atoms with E-state index in [4.69, 9.17) is 4.74 Å². The predicted octanol–water partition coefficient (Wildman–Crippen LogP) is -0.0734. The number of methoxy groups -OCH3 is 1. The number of amides is 4. The third kappa shape index (κ3) is 9.45. The van der Waals surface area contributed by atoms with Gasteiger partial charge in [-0.1, -0.05) is 0 Å². The number of likely N-dealkylation sites (N-methyl/N-ethyl adjacent to an activating group) is 1. The fourth-order valence-electron chi connectivity index (χ4n) is 2.04. The van der Waals surface area contributed by atoms with E-state index in [1.54, 1.807) is 36.5 Å². The summed E-state index contributed by atoms with van der Waals surface area (Å²) in [7, 11) is 1.52. The van der Waals surface area contributed by atoms with E-state index in [2.05, 4.69) is 5.32 Å². The molecule has 1 aromatic carbocycles. The van der Waals surface area contributed by atoms with E-state index < -0.39 is 24.7 Å². The van der Waals surface area contributed by atoms with Crippen molar-refractivity contribution in [2.75, 3.05) is 38.6 Å². The van der Waals surface area contributed by atoms with Crippen molar-refractivity contribution in [3.63, 3.8) is 0 Å². The summed E-state index contributed by atoms with van der Waals surface area (Å²) < 4.78 is 41.0. The van der Waals surface area contributed by atoms with Crippen LogP contribution in [0.4, 0.5) is 23.7 Å². The summed E-state index contributed by atoms with van der Waals surface area (Å²) in [5.74, 6) is -0.510. The number of halogens is 3. The first-order valence-corrected chi connectivity index (χ1v) is 8.05. The van der Waals surface area contributed by atoms with Gasteiger partial charge in [0.15, 0.2) is 13.1 Å². The number of hydrogen-bond acceptors (Lipinski definition) is 4. The normalized spacial score (nSPS) is 12.0. The van der Waals surface area contributed by atoms with E-state index in [1.807, 2.05) is 0 Å². The van der Waals surface area contributed by atoms with E-state index in [9.17, 15) is 27.6 Å². The number of carbonyl (C=O) groups is 3. The number of quaternary nitrogens is 1. The summed E-state index contributed by atoms with van der Waals surface area (Å²) >= 11 is 0. The molecule has 0 aliphatic carbocycles. The molecule has 11 heteroatoms. The second-order valence-corrected chi connectivity index (χ2v) is 5.58. The Morgan fingerprint density at radius 3 is 2.19 bits per heavy atom. The molecule has 8 nitrogen and oxygen atoms in total. The van der Waals surface area contributed by atoms with Gasteiger partial charge in [-0.3, -0.25) is 14.9 Å². The second kappa shape index (κ2) is 10.4. The molecular weight excluding hydrogens is 369 g/mol. The van der Waals surface area contributed by atoms with Crippen LogP contribution in [0.3, 0.4) is 0 Å². The number of ether oxygens (including phenoxy) is 1. The molecule has 4 amide bonds. The summed E-state index contributed by atoms with van der Waals surface area (Å²) in [6.07, 6.45) is -4.57. The molecule has 0 fully saturated rings. The number of hydrogen-bond donors (Lipinski definition) is 4. The lowest BCUT2D eigenvalue weighted by atomic mass is 10.3. The Hall–Kier alpha value is -2.82. The Morgan fingerprint density at radius 1 is 1.07 bits per heavy atom. The molecule has 0 spiro atoms. The molecule has 0 bridgehead atoms. The predicted molar refractivity (Wildman–Crippen MR) is 90.5 cm³/mol.